The molecule has 0 radical (unpaired) electrons. The van der Waals surface area contributed by atoms with Crippen molar-refractivity contribution in [3.63, 3.8) is 0 Å². The van der Waals surface area contributed by atoms with Gasteiger partial charge in [-0.3, -0.25) is 19.0 Å². The third-order valence-electron chi connectivity index (χ3n) is 4.47. The number of halogens is 3. The van der Waals surface area contributed by atoms with E-state index in [0.717, 1.165) is 11.3 Å². The number of nitrogens with zero attached hydrogens (tertiary/aromatic N) is 2. The van der Waals surface area contributed by atoms with Crippen molar-refractivity contribution in [3.05, 3.63) is 55.6 Å². The van der Waals surface area contributed by atoms with Crippen molar-refractivity contribution in [3.8, 4) is 6.07 Å². The quantitative estimate of drug-likeness (QED) is 0.216. The molecule has 0 aliphatic rings. The van der Waals surface area contributed by atoms with Crippen molar-refractivity contribution in [2.75, 3.05) is 44.1 Å². The van der Waals surface area contributed by atoms with Crippen LogP contribution < -0.4 is 30.7 Å². The van der Waals surface area contributed by atoms with Crippen molar-refractivity contribution in [2.24, 2.45) is 0 Å². The van der Waals surface area contributed by atoms with Crippen LogP contribution in [0.5, 0.6) is 0 Å². The van der Waals surface area contributed by atoms with Gasteiger partial charge in [-0.2, -0.15) is 18.4 Å². The van der Waals surface area contributed by atoms with Gasteiger partial charge in [0.1, 0.15) is 28.4 Å². The van der Waals surface area contributed by atoms with E-state index in [9.17, 15) is 32.8 Å². The standard InChI is InChI=1S/C24H24F3N5O5S/c1-3-32-21(11-16(13-28)22(34)30-15-24(25,26)27)38-19(23(32)35)7-8-29-17-5-4-6-18(12-17)31-20(33)14-37-10-9-36-2/h4-6,8,12,29H,3,9-10,14-15H2,1-2H3,(H,30,34)(H,31,33). The number of carbonyl (C=O) groups excluding carboxylic acids is 2. The Morgan fingerprint density at radius 2 is 1.97 bits per heavy atom. The molecule has 0 fully saturated rings. The molecule has 2 aromatic rings. The van der Waals surface area contributed by atoms with Crippen LogP contribution in [-0.2, 0) is 25.6 Å². The molecule has 0 saturated heterocycles. The largest absolute Gasteiger partial charge is 0.405 e. The van der Waals surface area contributed by atoms with E-state index in [0.29, 0.717) is 18.0 Å². The maximum Gasteiger partial charge on any atom is 0.405 e. The Kier molecular flexibility index (Phi) is 11.6. The number of hydrogen-bond acceptors (Lipinski definition) is 8. The summed E-state index contributed by atoms with van der Waals surface area (Å²) in [6, 6.07) is 8.22. The van der Waals surface area contributed by atoms with E-state index < -0.39 is 29.8 Å². The number of rotatable bonds is 11. The maximum absolute atomic E-state index is 12.7. The molecule has 1 aromatic carbocycles. The fourth-order valence-electron chi connectivity index (χ4n) is 2.77. The predicted molar refractivity (Wildman–Crippen MR) is 134 cm³/mol. The number of methoxy groups -OCH3 is 1. The molecular weight excluding hydrogens is 527 g/mol. The second kappa shape index (κ2) is 14.6. The number of ether oxygens (including phenoxy) is 2. The molecule has 0 aliphatic carbocycles. The predicted octanol–water partition coefficient (Wildman–Crippen LogP) is 1.04. The van der Waals surface area contributed by atoms with Crippen molar-refractivity contribution in [1.82, 2.24) is 9.88 Å². The van der Waals surface area contributed by atoms with Gasteiger partial charge in [0.25, 0.3) is 11.5 Å². The summed E-state index contributed by atoms with van der Waals surface area (Å²) in [4.78, 5) is 36.6. The van der Waals surface area contributed by atoms with Gasteiger partial charge in [0, 0.05) is 31.2 Å². The van der Waals surface area contributed by atoms with Gasteiger partial charge in [-0.05, 0) is 25.1 Å². The first-order valence-corrected chi connectivity index (χ1v) is 11.8. The molecule has 10 nitrogen and oxygen atoms in total. The van der Waals surface area contributed by atoms with Gasteiger partial charge in [-0.1, -0.05) is 28.9 Å². The smallest absolute Gasteiger partial charge is 0.382 e. The highest BCUT2D eigenvalue weighted by molar-refractivity contribution is 7.07. The molecule has 0 spiro atoms. The van der Waals surface area contributed by atoms with Crippen LogP contribution in [0.25, 0.3) is 11.5 Å². The topological polar surface area (TPSA) is 134 Å². The number of carbonyl (C=O) groups is 2. The van der Waals surface area contributed by atoms with Crippen LogP contribution in [0.4, 0.5) is 24.5 Å². The number of anilines is 2. The Bertz CT molecular complexity index is 1450. The number of alkyl halides is 3. The van der Waals surface area contributed by atoms with Crippen LogP contribution in [-0.4, -0.2) is 56.0 Å². The van der Waals surface area contributed by atoms with Crippen molar-refractivity contribution < 1.29 is 32.2 Å². The lowest BCUT2D eigenvalue weighted by Gasteiger charge is -2.07. The van der Waals surface area contributed by atoms with Crippen LogP contribution in [0.2, 0.25) is 0 Å². The van der Waals surface area contributed by atoms with Crippen LogP contribution >= 0.6 is 11.3 Å². The Morgan fingerprint density at radius 1 is 1.24 bits per heavy atom. The van der Waals surface area contributed by atoms with E-state index in [2.05, 4.69) is 22.1 Å². The molecule has 3 N–H and O–H groups in total. The minimum Gasteiger partial charge on any atom is -0.382 e. The number of benzene rings is 1. The molecule has 0 aliphatic heterocycles. The zero-order valence-electron chi connectivity index (χ0n) is 20.4. The van der Waals surface area contributed by atoms with E-state index in [1.807, 2.05) is 0 Å². The number of nitriles is 1. The number of hydrogen-bond donors (Lipinski definition) is 3. The molecule has 38 heavy (non-hydrogen) atoms. The number of amides is 2. The fraction of sp³-hybridized carbons (Fsp3) is 0.333. The van der Waals surface area contributed by atoms with Gasteiger partial charge in [-0.15, -0.1) is 0 Å². The zero-order chi connectivity index (χ0) is 28.1. The average Bonchev–Trinajstić information content (AvgIpc) is 3.17. The van der Waals surface area contributed by atoms with Crippen LogP contribution in [0.1, 0.15) is 6.92 Å². The van der Waals surface area contributed by atoms with E-state index in [1.54, 1.807) is 36.5 Å². The molecule has 0 bridgehead atoms. The fourth-order valence-corrected chi connectivity index (χ4v) is 3.75. The molecule has 2 amide bonds. The van der Waals surface area contributed by atoms with Gasteiger partial charge in [-0.25, -0.2) is 0 Å². The molecule has 2 rings (SSSR count). The van der Waals surface area contributed by atoms with Gasteiger partial charge < -0.3 is 25.4 Å². The minimum atomic E-state index is -4.64. The highest BCUT2D eigenvalue weighted by Gasteiger charge is 2.28. The first-order valence-electron chi connectivity index (χ1n) is 11.0. The van der Waals surface area contributed by atoms with E-state index in [1.165, 1.54) is 23.9 Å². The minimum absolute atomic E-state index is 0.0736. The third kappa shape index (κ3) is 9.74. The highest BCUT2D eigenvalue weighted by Crippen LogP contribution is 2.15. The van der Waals surface area contributed by atoms with Gasteiger partial charge >= 0.3 is 6.18 Å². The molecule has 1 aromatic heterocycles. The van der Waals surface area contributed by atoms with Gasteiger partial charge in [0.15, 0.2) is 5.57 Å². The average molecular weight is 552 g/mol. The monoisotopic (exact) mass is 551 g/mol. The molecule has 1 heterocycles. The maximum atomic E-state index is 12.7. The summed E-state index contributed by atoms with van der Waals surface area (Å²) < 4.78 is 48.5. The lowest BCUT2D eigenvalue weighted by atomic mass is 10.2. The summed E-state index contributed by atoms with van der Waals surface area (Å²) in [7, 11) is 1.52. The van der Waals surface area contributed by atoms with Crippen molar-refractivity contribution >= 4 is 46.0 Å². The lowest BCUT2D eigenvalue weighted by molar-refractivity contribution is -0.136. The molecule has 14 heteroatoms. The highest BCUT2D eigenvalue weighted by atomic mass is 32.1. The van der Waals surface area contributed by atoms with Crippen LogP contribution in [0, 0.1) is 11.3 Å². The summed E-state index contributed by atoms with van der Waals surface area (Å²) in [6.45, 7) is 0.713. The summed E-state index contributed by atoms with van der Waals surface area (Å²) in [5, 5.41) is 16.4. The molecule has 0 saturated carbocycles. The second-order valence-corrected chi connectivity index (χ2v) is 8.30. The Hall–Kier alpha value is -4.11. The van der Waals surface area contributed by atoms with Crippen molar-refractivity contribution in [1.29, 1.82) is 5.26 Å². The Labute approximate surface area is 219 Å². The SMILES string of the molecule is CCn1c(=C=C(C#N)C(=O)NCC(F)(F)F)sc(=C=CNc2cccc(NC(=O)COCCOC)c2)c1=O. The van der Waals surface area contributed by atoms with Crippen LogP contribution in [0.15, 0.2) is 40.8 Å². The zero-order valence-corrected chi connectivity index (χ0v) is 21.2. The van der Waals surface area contributed by atoms with Gasteiger partial charge in [0.2, 0.25) is 5.91 Å². The Balaban J connectivity index is 2.27. The van der Waals surface area contributed by atoms with Crippen LogP contribution in [0.3, 0.4) is 0 Å². The van der Waals surface area contributed by atoms with E-state index in [-0.39, 0.29) is 34.9 Å². The third-order valence-corrected chi connectivity index (χ3v) is 5.49. The molecular formula is C24H24F3N5O5S. The summed E-state index contributed by atoms with van der Waals surface area (Å²) >= 11 is 0.856. The Morgan fingerprint density at radius 3 is 2.63 bits per heavy atom. The van der Waals surface area contributed by atoms with Crippen molar-refractivity contribution in [2.45, 2.75) is 19.6 Å². The molecule has 0 atom stereocenters. The first-order chi connectivity index (χ1) is 18.1. The summed E-state index contributed by atoms with van der Waals surface area (Å²) in [6.07, 6.45) is -3.29. The first kappa shape index (κ1) is 30.1. The van der Waals surface area contributed by atoms with E-state index >= 15 is 0 Å². The number of nitrogens with one attached hydrogen (secondary N) is 3. The lowest BCUT2D eigenvalue weighted by Crippen LogP contribution is -2.34. The number of aromatic nitrogens is 1. The number of thiazole rings is 1. The normalized spacial score (nSPS) is 10.5. The summed E-state index contributed by atoms with van der Waals surface area (Å²) in [5.41, 5.74) is 5.09. The molecule has 0 unspecified atom stereocenters. The van der Waals surface area contributed by atoms with E-state index in [4.69, 9.17) is 9.47 Å². The molecule has 202 valence electrons. The summed E-state index contributed by atoms with van der Waals surface area (Å²) in [5.74, 6) is -1.61. The second-order valence-electron chi connectivity index (χ2n) is 7.30. The van der Waals surface area contributed by atoms with Gasteiger partial charge in [0.05, 0.1) is 13.2 Å².